The fourth-order valence-electron chi connectivity index (χ4n) is 3.17. The van der Waals surface area contributed by atoms with E-state index in [1.54, 1.807) is 26.4 Å². The summed E-state index contributed by atoms with van der Waals surface area (Å²) in [5.74, 6) is 2.20. The van der Waals surface area contributed by atoms with Gasteiger partial charge in [-0.25, -0.2) is 0 Å². The van der Waals surface area contributed by atoms with E-state index in [-0.39, 0.29) is 12.4 Å². The van der Waals surface area contributed by atoms with Crippen LogP contribution in [0.3, 0.4) is 0 Å². The van der Waals surface area contributed by atoms with Crippen LogP contribution in [0.2, 0.25) is 10.0 Å². The average Bonchev–Trinajstić information content (AvgIpc) is 2.77. The zero-order chi connectivity index (χ0) is 22.2. The maximum Gasteiger partial charge on any atom is 0.175 e. The number of nitrogens with one attached hydrogen (secondary N) is 1. The molecule has 0 atom stereocenters. The van der Waals surface area contributed by atoms with Gasteiger partial charge in [-0.1, -0.05) is 47.5 Å². The van der Waals surface area contributed by atoms with Crippen molar-refractivity contribution in [3.8, 4) is 17.2 Å². The zero-order valence-corrected chi connectivity index (χ0v) is 21.7. The molecule has 0 aliphatic heterocycles. The average molecular weight is 562 g/mol. The predicted octanol–water partition coefficient (Wildman–Crippen LogP) is 7.11. The number of rotatable bonds is 10. The van der Waals surface area contributed by atoms with Gasteiger partial charge in [0.25, 0.3) is 0 Å². The molecule has 4 nitrogen and oxygen atoms in total. The molecule has 0 aliphatic rings. The molecule has 0 spiro atoms. The lowest BCUT2D eigenvalue weighted by molar-refractivity contribution is 0.282. The zero-order valence-electron chi connectivity index (χ0n) is 17.8. The molecule has 3 aromatic carbocycles. The first kappa shape index (κ1) is 26.6. The number of ether oxygens (including phenoxy) is 3. The van der Waals surface area contributed by atoms with Gasteiger partial charge < -0.3 is 19.5 Å². The van der Waals surface area contributed by atoms with Crippen LogP contribution in [-0.2, 0) is 19.6 Å². The number of benzene rings is 3. The Morgan fingerprint density at radius 2 is 1.66 bits per heavy atom. The number of halogens is 4. The number of para-hydroxylation sites is 1. The largest absolute Gasteiger partial charge is 0.496 e. The van der Waals surface area contributed by atoms with Crippen molar-refractivity contribution >= 4 is 51.5 Å². The topological polar surface area (TPSA) is 39.7 Å². The smallest absolute Gasteiger partial charge is 0.175 e. The highest BCUT2D eigenvalue weighted by molar-refractivity contribution is 9.10. The lowest BCUT2D eigenvalue weighted by Gasteiger charge is -2.15. The van der Waals surface area contributed by atoms with Crippen molar-refractivity contribution < 1.29 is 14.2 Å². The van der Waals surface area contributed by atoms with Gasteiger partial charge in [0, 0.05) is 22.2 Å². The van der Waals surface area contributed by atoms with Gasteiger partial charge in [-0.3, -0.25) is 0 Å². The first-order valence-electron chi connectivity index (χ1n) is 9.77. The van der Waals surface area contributed by atoms with Crippen LogP contribution in [0, 0.1) is 0 Å². The molecule has 0 saturated carbocycles. The van der Waals surface area contributed by atoms with Gasteiger partial charge in [0.2, 0.25) is 0 Å². The van der Waals surface area contributed by atoms with Gasteiger partial charge >= 0.3 is 0 Å². The van der Waals surface area contributed by atoms with E-state index >= 15 is 0 Å². The standard InChI is InChI=1S/C24H24BrCl2NO3.ClH/c1-29-22-6-4-3-5-17(22)9-10-28-14-16-11-20(25)24(23(12-16)30-2)31-15-18-7-8-19(26)13-21(18)27;/h3-8,11-13,28H,9-10,14-15H2,1-2H3;1H. The summed E-state index contributed by atoms with van der Waals surface area (Å²) in [6.07, 6.45) is 0.880. The molecule has 3 rings (SSSR count). The molecule has 32 heavy (non-hydrogen) atoms. The second-order valence-corrected chi connectivity index (χ2v) is 8.57. The summed E-state index contributed by atoms with van der Waals surface area (Å²) < 4.78 is 17.8. The molecule has 0 amide bonds. The van der Waals surface area contributed by atoms with E-state index in [2.05, 4.69) is 27.3 Å². The lowest BCUT2D eigenvalue weighted by atomic mass is 10.1. The van der Waals surface area contributed by atoms with Crippen LogP contribution in [0.5, 0.6) is 17.2 Å². The van der Waals surface area contributed by atoms with Gasteiger partial charge in [0.1, 0.15) is 12.4 Å². The molecule has 1 N–H and O–H groups in total. The second kappa shape index (κ2) is 13.2. The lowest BCUT2D eigenvalue weighted by Crippen LogP contribution is -2.17. The van der Waals surface area contributed by atoms with Crippen LogP contribution >= 0.6 is 51.5 Å². The Balaban J connectivity index is 0.00000363. The third-order valence-electron chi connectivity index (χ3n) is 4.77. The summed E-state index contributed by atoms with van der Waals surface area (Å²) in [4.78, 5) is 0. The van der Waals surface area contributed by atoms with E-state index in [9.17, 15) is 0 Å². The summed E-state index contributed by atoms with van der Waals surface area (Å²) in [7, 11) is 3.32. The highest BCUT2D eigenvalue weighted by atomic mass is 79.9. The van der Waals surface area contributed by atoms with E-state index in [1.807, 2.05) is 36.4 Å². The first-order chi connectivity index (χ1) is 15.0. The molecular weight excluding hydrogens is 537 g/mol. The molecule has 0 aliphatic carbocycles. The SMILES string of the molecule is COc1ccccc1CCNCc1cc(Br)c(OCc2ccc(Cl)cc2Cl)c(OC)c1.Cl. The van der Waals surface area contributed by atoms with Crippen LogP contribution in [-0.4, -0.2) is 20.8 Å². The monoisotopic (exact) mass is 559 g/mol. The van der Waals surface area contributed by atoms with Gasteiger partial charge in [0.15, 0.2) is 11.5 Å². The third kappa shape index (κ3) is 7.19. The Labute approximate surface area is 213 Å². The molecule has 0 bridgehead atoms. The molecule has 0 unspecified atom stereocenters. The molecule has 172 valence electrons. The van der Waals surface area contributed by atoms with Crippen molar-refractivity contribution in [1.29, 1.82) is 0 Å². The minimum absolute atomic E-state index is 0. The van der Waals surface area contributed by atoms with Crippen molar-refractivity contribution in [2.75, 3.05) is 20.8 Å². The summed E-state index contributed by atoms with van der Waals surface area (Å²) in [5, 5.41) is 4.63. The fraction of sp³-hybridized carbons (Fsp3) is 0.250. The van der Waals surface area contributed by atoms with Crippen LogP contribution in [0.25, 0.3) is 0 Å². The van der Waals surface area contributed by atoms with Gasteiger partial charge in [0.05, 0.1) is 18.7 Å². The fourth-order valence-corrected chi connectivity index (χ4v) is 4.24. The minimum atomic E-state index is 0. The minimum Gasteiger partial charge on any atom is -0.496 e. The molecule has 0 radical (unpaired) electrons. The molecule has 0 aromatic heterocycles. The van der Waals surface area contributed by atoms with Crippen LogP contribution < -0.4 is 19.5 Å². The van der Waals surface area contributed by atoms with Gasteiger partial charge in [-0.2, -0.15) is 0 Å². The molecule has 0 saturated heterocycles. The summed E-state index contributed by atoms with van der Waals surface area (Å²) in [5.41, 5.74) is 3.11. The molecule has 8 heteroatoms. The van der Waals surface area contributed by atoms with Gasteiger partial charge in [-0.05, 0) is 70.4 Å². The third-order valence-corrected chi connectivity index (χ3v) is 5.95. The first-order valence-corrected chi connectivity index (χ1v) is 11.3. The molecule has 3 aromatic rings. The summed E-state index contributed by atoms with van der Waals surface area (Å²) >= 11 is 15.8. The normalized spacial score (nSPS) is 10.4. The quantitative estimate of drug-likeness (QED) is 0.268. The molecule has 0 heterocycles. The summed E-state index contributed by atoms with van der Waals surface area (Å²) in [6, 6.07) is 17.4. The maximum atomic E-state index is 6.25. The van der Waals surface area contributed by atoms with Crippen molar-refractivity contribution in [1.82, 2.24) is 5.32 Å². The van der Waals surface area contributed by atoms with Crippen molar-refractivity contribution in [2.45, 2.75) is 19.6 Å². The van der Waals surface area contributed by atoms with Crippen LogP contribution in [0.15, 0.2) is 59.1 Å². The Morgan fingerprint density at radius 3 is 2.38 bits per heavy atom. The van der Waals surface area contributed by atoms with E-state index in [4.69, 9.17) is 37.4 Å². The highest BCUT2D eigenvalue weighted by Crippen LogP contribution is 2.37. The Bertz CT molecular complexity index is 1030. The molecular formula is C24H25BrCl3NO3. The van der Waals surface area contributed by atoms with Crippen LogP contribution in [0.4, 0.5) is 0 Å². The highest BCUT2D eigenvalue weighted by Gasteiger charge is 2.13. The Kier molecular flexibility index (Phi) is 11.0. The number of methoxy groups -OCH3 is 2. The Hall–Kier alpha value is -1.63. The van der Waals surface area contributed by atoms with E-state index in [0.29, 0.717) is 34.7 Å². The van der Waals surface area contributed by atoms with Gasteiger partial charge in [-0.15, -0.1) is 12.4 Å². The Morgan fingerprint density at radius 1 is 0.906 bits per heavy atom. The predicted molar refractivity (Wildman–Crippen MR) is 137 cm³/mol. The van der Waals surface area contributed by atoms with E-state index < -0.39 is 0 Å². The van der Waals surface area contributed by atoms with Crippen LogP contribution in [0.1, 0.15) is 16.7 Å². The van der Waals surface area contributed by atoms with Crippen molar-refractivity contribution in [3.63, 3.8) is 0 Å². The van der Waals surface area contributed by atoms with E-state index in [1.165, 1.54) is 5.56 Å². The second-order valence-electron chi connectivity index (χ2n) is 6.87. The van der Waals surface area contributed by atoms with Crippen molar-refractivity contribution in [3.05, 3.63) is 85.8 Å². The number of hydrogen-bond donors (Lipinski definition) is 1. The van der Waals surface area contributed by atoms with Crippen molar-refractivity contribution in [2.24, 2.45) is 0 Å². The molecule has 0 fully saturated rings. The summed E-state index contributed by atoms with van der Waals surface area (Å²) in [6.45, 7) is 1.84. The maximum absolute atomic E-state index is 6.25. The van der Waals surface area contributed by atoms with E-state index in [0.717, 1.165) is 34.3 Å². The number of hydrogen-bond acceptors (Lipinski definition) is 4.